The highest BCUT2D eigenvalue weighted by molar-refractivity contribution is 5.40. The first-order valence-corrected chi connectivity index (χ1v) is 6.47. The molecule has 1 spiro atoms. The summed E-state index contributed by atoms with van der Waals surface area (Å²) in [5.41, 5.74) is 6.83. The number of hydrogen-bond donors (Lipinski definition) is 1. The van der Waals surface area contributed by atoms with Crippen LogP contribution in [0.4, 0.5) is 4.39 Å². The Morgan fingerprint density at radius 3 is 2.94 bits per heavy atom. The molecule has 0 bridgehead atoms. The zero-order valence-electron chi connectivity index (χ0n) is 10.5. The van der Waals surface area contributed by atoms with Crippen molar-refractivity contribution in [3.63, 3.8) is 0 Å². The summed E-state index contributed by atoms with van der Waals surface area (Å²) in [6.45, 7) is 2.71. The SMILES string of the molecule is CCOC1CC2(C1)CC(N)c1ccc(F)cc1O2. The van der Waals surface area contributed by atoms with Crippen LogP contribution < -0.4 is 10.5 Å². The Morgan fingerprint density at radius 1 is 1.44 bits per heavy atom. The van der Waals surface area contributed by atoms with Crippen molar-refractivity contribution < 1.29 is 13.9 Å². The van der Waals surface area contributed by atoms with Crippen LogP contribution in [-0.4, -0.2) is 18.3 Å². The predicted octanol–water partition coefficient (Wildman–Crippen LogP) is 2.55. The molecule has 1 aliphatic carbocycles. The fourth-order valence-corrected chi connectivity index (χ4v) is 3.06. The Bertz CT molecular complexity index is 457. The van der Waals surface area contributed by atoms with E-state index in [0.29, 0.717) is 5.75 Å². The minimum absolute atomic E-state index is 0.0723. The fraction of sp³-hybridized carbons (Fsp3) is 0.571. The highest BCUT2D eigenvalue weighted by Gasteiger charge is 2.50. The summed E-state index contributed by atoms with van der Waals surface area (Å²) in [5, 5.41) is 0. The number of ether oxygens (including phenoxy) is 2. The molecule has 1 atom stereocenters. The van der Waals surface area contributed by atoms with Crippen molar-refractivity contribution in [3.05, 3.63) is 29.6 Å². The van der Waals surface area contributed by atoms with Crippen LogP contribution in [0, 0.1) is 5.82 Å². The van der Waals surface area contributed by atoms with E-state index in [0.717, 1.165) is 31.4 Å². The van der Waals surface area contributed by atoms with Gasteiger partial charge in [0.1, 0.15) is 17.2 Å². The average Bonchev–Trinajstić information content (AvgIpc) is 2.26. The first kappa shape index (κ1) is 11.9. The molecule has 3 nitrogen and oxygen atoms in total. The van der Waals surface area contributed by atoms with Gasteiger partial charge in [-0.1, -0.05) is 6.07 Å². The van der Waals surface area contributed by atoms with Crippen molar-refractivity contribution in [2.24, 2.45) is 5.73 Å². The fourth-order valence-electron chi connectivity index (χ4n) is 3.06. The van der Waals surface area contributed by atoms with Crippen LogP contribution in [0.25, 0.3) is 0 Å². The maximum Gasteiger partial charge on any atom is 0.127 e. The minimum Gasteiger partial charge on any atom is -0.487 e. The predicted molar refractivity (Wildman–Crippen MR) is 66.0 cm³/mol. The largest absolute Gasteiger partial charge is 0.487 e. The third-order valence-corrected chi connectivity index (χ3v) is 3.90. The lowest BCUT2D eigenvalue weighted by atomic mass is 9.71. The Morgan fingerprint density at radius 2 is 2.22 bits per heavy atom. The summed E-state index contributed by atoms with van der Waals surface area (Å²) in [6, 6.07) is 4.52. The van der Waals surface area contributed by atoms with Crippen LogP contribution >= 0.6 is 0 Å². The monoisotopic (exact) mass is 251 g/mol. The van der Waals surface area contributed by atoms with Gasteiger partial charge in [0, 0.05) is 43.5 Å². The van der Waals surface area contributed by atoms with E-state index in [1.807, 2.05) is 6.92 Å². The van der Waals surface area contributed by atoms with Gasteiger partial charge >= 0.3 is 0 Å². The van der Waals surface area contributed by atoms with E-state index in [1.165, 1.54) is 12.1 Å². The van der Waals surface area contributed by atoms with Crippen molar-refractivity contribution >= 4 is 0 Å². The van der Waals surface area contributed by atoms with Gasteiger partial charge in [-0.15, -0.1) is 0 Å². The van der Waals surface area contributed by atoms with Gasteiger partial charge in [-0.05, 0) is 13.0 Å². The van der Waals surface area contributed by atoms with E-state index < -0.39 is 0 Å². The zero-order chi connectivity index (χ0) is 12.8. The van der Waals surface area contributed by atoms with Gasteiger partial charge in [0.05, 0.1) is 6.10 Å². The molecule has 2 aliphatic rings. The maximum atomic E-state index is 13.2. The normalized spacial score (nSPS) is 33.7. The first-order chi connectivity index (χ1) is 8.62. The molecule has 3 rings (SSSR count). The molecule has 0 saturated heterocycles. The van der Waals surface area contributed by atoms with E-state index in [9.17, 15) is 4.39 Å². The van der Waals surface area contributed by atoms with E-state index in [-0.39, 0.29) is 23.6 Å². The van der Waals surface area contributed by atoms with Gasteiger partial charge in [-0.3, -0.25) is 0 Å². The summed E-state index contributed by atoms with van der Waals surface area (Å²) in [4.78, 5) is 0. The van der Waals surface area contributed by atoms with Crippen LogP contribution in [0.2, 0.25) is 0 Å². The molecule has 4 heteroatoms. The van der Waals surface area contributed by atoms with Crippen LogP contribution in [0.3, 0.4) is 0 Å². The lowest BCUT2D eigenvalue weighted by Gasteiger charge is -2.50. The summed E-state index contributed by atoms with van der Waals surface area (Å²) in [6.07, 6.45) is 2.75. The molecule has 2 N–H and O–H groups in total. The maximum absolute atomic E-state index is 13.2. The molecular weight excluding hydrogens is 233 g/mol. The molecule has 1 saturated carbocycles. The molecule has 98 valence electrons. The molecule has 1 heterocycles. The number of halogens is 1. The quantitative estimate of drug-likeness (QED) is 0.878. The Labute approximate surface area is 106 Å². The molecule has 0 aromatic heterocycles. The highest BCUT2D eigenvalue weighted by atomic mass is 19.1. The van der Waals surface area contributed by atoms with E-state index in [4.69, 9.17) is 15.2 Å². The lowest BCUT2D eigenvalue weighted by molar-refractivity contribution is -0.134. The van der Waals surface area contributed by atoms with Crippen molar-refractivity contribution in [1.29, 1.82) is 0 Å². The summed E-state index contributed by atoms with van der Waals surface area (Å²) in [5.74, 6) is 0.322. The van der Waals surface area contributed by atoms with E-state index >= 15 is 0 Å². The summed E-state index contributed by atoms with van der Waals surface area (Å²) in [7, 11) is 0. The van der Waals surface area contributed by atoms with Crippen molar-refractivity contribution in [2.45, 2.75) is 43.9 Å². The molecule has 0 amide bonds. The molecule has 1 aromatic rings. The number of hydrogen-bond acceptors (Lipinski definition) is 3. The van der Waals surface area contributed by atoms with Gasteiger partial charge in [0.2, 0.25) is 0 Å². The second-order valence-electron chi connectivity index (χ2n) is 5.26. The van der Waals surface area contributed by atoms with Crippen LogP contribution in [-0.2, 0) is 4.74 Å². The molecule has 1 fully saturated rings. The Hall–Kier alpha value is -1.13. The van der Waals surface area contributed by atoms with Crippen LogP contribution in [0.5, 0.6) is 5.75 Å². The van der Waals surface area contributed by atoms with Crippen molar-refractivity contribution in [1.82, 2.24) is 0 Å². The smallest absolute Gasteiger partial charge is 0.127 e. The van der Waals surface area contributed by atoms with E-state index in [1.54, 1.807) is 6.07 Å². The van der Waals surface area contributed by atoms with Gasteiger partial charge in [0.25, 0.3) is 0 Å². The first-order valence-electron chi connectivity index (χ1n) is 6.47. The minimum atomic E-state index is -0.279. The highest BCUT2D eigenvalue weighted by Crippen LogP contribution is 2.49. The molecule has 18 heavy (non-hydrogen) atoms. The van der Waals surface area contributed by atoms with E-state index in [2.05, 4.69) is 0 Å². The second kappa shape index (κ2) is 4.21. The average molecular weight is 251 g/mol. The summed E-state index contributed by atoms with van der Waals surface area (Å²) < 4.78 is 24.8. The topological polar surface area (TPSA) is 44.5 Å². The molecular formula is C14H18FNO2. The molecule has 1 aliphatic heterocycles. The third kappa shape index (κ3) is 1.89. The number of benzene rings is 1. The number of nitrogens with two attached hydrogens (primary N) is 1. The number of rotatable bonds is 2. The van der Waals surface area contributed by atoms with Gasteiger partial charge < -0.3 is 15.2 Å². The molecule has 1 unspecified atom stereocenters. The van der Waals surface area contributed by atoms with Crippen LogP contribution in [0.1, 0.15) is 37.8 Å². The standard InChI is InChI=1S/C14H18FNO2/c1-2-17-10-6-14(7-10)8-12(16)11-4-3-9(15)5-13(11)18-14/h3-5,10,12H,2,6-8,16H2,1H3. The van der Waals surface area contributed by atoms with Gasteiger partial charge in [0.15, 0.2) is 0 Å². The zero-order valence-corrected chi connectivity index (χ0v) is 10.5. The Kier molecular flexibility index (Phi) is 2.79. The van der Waals surface area contributed by atoms with Gasteiger partial charge in [-0.2, -0.15) is 0 Å². The number of fused-ring (bicyclic) bond motifs is 1. The molecule has 1 aromatic carbocycles. The second-order valence-corrected chi connectivity index (χ2v) is 5.26. The Balaban J connectivity index is 1.80. The van der Waals surface area contributed by atoms with Crippen molar-refractivity contribution in [3.8, 4) is 5.75 Å². The van der Waals surface area contributed by atoms with Crippen LogP contribution in [0.15, 0.2) is 18.2 Å². The lowest BCUT2D eigenvalue weighted by Crippen LogP contribution is -2.55. The van der Waals surface area contributed by atoms with Gasteiger partial charge in [-0.25, -0.2) is 4.39 Å². The summed E-state index contributed by atoms with van der Waals surface area (Å²) >= 11 is 0. The van der Waals surface area contributed by atoms with Crippen molar-refractivity contribution in [2.75, 3.05) is 6.61 Å². The molecule has 0 radical (unpaired) electrons. The third-order valence-electron chi connectivity index (χ3n) is 3.90.